The maximum absolute atomic E-state index is 13.1. The summed E-state index contributed by atoms with van der Waals surface area (Å²) in [4.78, 5) is 29.1. The van der Waals surface area contributed by atoms with E-state index in [9.17, 15) is 9.59 Å². The Balaban J connectivity index is 1.75. The lowest BCUT2D eigenvalue weighted by atomic mass is 10.1. The first-order valence-corrected chi connectivity index (χ1v) is 10.9. The second-order valence-electron chi connectivity index (χ2n) is 7.43. The number of nitrogens with two attached hydrogens (primary N) is 1. The quantitative estimate of drug-likeness (QED) is 0.630. The van der Waals surface area contributed by atoms with Crippen LogP contribution in [0.5, 0.6) is 5.75 Å². The van der Waals surface area contributed by atoms with Crippen LogP contribution in [0.1, 0.15) is 22.3 Å². The van der Waals surface area contributed by atoms with E-state index in [0.29, 0.717) is 74.4 Å². The summed E-state index contributed by atoms with van der Waals surface area (Å²) in [6.07, 6.45) is 0.660. The van der Waals surface area contributed by atoms with Gasteiger partial charge in [-0.05, 0) is 61.0 Å². The van der Waals surface area contributed by atoms with Gasteiger partial charge in [-0.15, -0.1) is 0 Å². The zero-order valence-electron chi connectivity index (χ0n) is 18.2. The van der Waals surface area contributed by atoms with Gasteiger partial charge in [0.1, 0.15) is 5.75 Å². The van der Waals surface area contributed by atoms with Gasteiger partial charge in [0.15, 0.2) is 0 Å². The van der Waals surface area contributed by atoms with Crippen molar-refractivity contribution >= 4 is 29.2 Å². The van der Waals surface area contributed by atoms with E-state index >= 15 is 0 Å². The van der Waals surface area contributed by atoms with Crippen LogP contribution in [-0.4, -0.2) is 68.2 Å². The third-order valence-corrected chi connectivity index (χ3v) is 5.58. The van der Waals surface area contributed by atoms with Gasteiger partial charge in [0.25, 0.3) is 5.91 Å². The van der Waals surface area contributed by atoms with E-state index in [-0.39, 0.29) is 11.9 Å². The van der Waals surface area contributed by atoms with Crippen LogP contribution in [0.25, 0.3) is 0 Å². The van der Waals surface area contributed by atoms with Crippen molar-refractivity contribution in [2.24, 2.45) is 5.73 Å². The fourth-order valence-corrected chi connectivity index (χ4v) is 3.58. The predicted molar refractivity (Wildman–Crippen MR) is 124 cm³/mol. The molecule has 2 aromatic carbocycles. The molecular formula is C23H29ClN4O4. The largest absolute Gasteiger partial charge is 0.497 e. The third-order valence-electron chi connectivity index (χ3n) is 5.21. The number of hydrogen-bond acceptors (Lipinski definition) is 5. The Morgan fingerprint density at radius 1 is 1.19 bits per heavy atom. The maximum atomic E-state index is 13.1. The zero-order valence-corrected chi connectivity index (χ0v) is 18.9. The average Bonchev–Trinajstić information content (AvgIpc) is 2.83. The van der Waals surface area contributed by atoms with Crippen LogP contribution in [-0.2, 0) is 11.3 Å². The molecule has 1 saturated heterocycles. The van der Waals surface area contributed by atoms with Crippen LogP contribution in [0.4, 0.5) is 10.5 Å². The highest BCUT2D eigenvalue weighted by Gasteiger charge is 2.19. The van der Waals surface area contributed by atoms with Crippen molar-refractivity contribution in [1.29, 1.82) is 0 Å². The number of anilines is 1. The van der Waals surface area contributed by atoms with Crippen molar-refractivity contribution < 1.29 is 19.1 Å². The van der Waals surface area contributed by atoms with Gasteiger partial charge in [-0.1, -0.05) is 11.6 Å². The van der Waals surface area contributed by atoms with Crippen molar-refractivity contribution in [2.45, 2.75) is 13.0 Å². The van der Waals surface area contributed by atoms with Gasteiger partial charge in [0.05, 0.1) is 20.3 Å². The zero-order chi connectivity index (χ0) is 22.9. The molecule has 0 unspecified atom stereocenters. The fourth-order valence-electron chi connectivity index (χ4n) is 3.40. The van der Waals surface area contributed by atoms with E-state index in [4.69, 9.17) is 26.8 Å². The summed E-state index contributed by atoms with van der Waals surface area (Å²) in [7, 11) is 1.58. The SMILES string of the molecule is COc1ccc(C(=O)N(CCCN)Cc2cc(NC(=O)N3CCOCC3)ccc2Cl)cc1. The number of carbonyl (C=O) groups excluding carboxylic acids is 2. The minimum Gasteiger partial charge on any atom is -0.497 e. The summed E-state index contributed by atoms with van der Waals surface area (Å²) in [6, 6.07) is 12.1. The lowest BCUT2D eigenvalue weighted by Gasteiger charge is -2.27. The number of nitrogens with zero attached hydrogens (tertiary/aromatic N) is 2. The van der Waals surface area contributed by atoms with Crippen molar-refractivity contribution in [3.8, 4) is 5.75 Å². The van der Waals surface area contributed by atoms with Gasteiger partial charge < -0.3 is 30.3 Å². The van der Waals surface area contributed by atoms with Crippen molar-refractivity contribution in [1.82, 2.24) is 9.80 Å². The molecule has 1 fully saturated rings. The highest BCUT2D eigenvalue weighted by atomic mass is 35.5. The molecular weight excluding hydrogens is 432 g/mol. The molecule has 0 aliphatic carbocycles. The van der Waals surface area contributed by atoms with E-state index in [2.05, 4.69) is 5.32 Å². The fraction of sp³-hybridized carbons (Fsp3) is 0.391. The smallest absolute Gasteiger partial charge is 0.321 e. The second kappa shape index (κ2) is 11.7. The molecule has 32 heavy (non-hydrogen) atoms. The number of morpholine rings is 1. The van der Waals surface area contributed by atoms with Crippen LogP contribution < -0.4 is 15.8 Å². The van der Waals surface area contributed by atoms with Crippen molar-refractivity contribution in [3.05, 3.63) is 58.6 Å². The molecule has 1 heterocycles. The Morgan fingerprint density at radius 3 is 2.56 bits per heavy atom. The summed E-state index contributed by atoms with van der Waals surface area (Å²) in [5.41, 5.74) is 7.60. The lowest BCUT2D eigenvalue weighted by Crippen LogP contribution is -2.43. The number of rotatable bonds is 8. The molecule has 0 saturated carbocycles. The monoisotopic (exact) mass is 460 g/mol. The Hall–Kier alpha value is -2.81. The average molecular weight is 461 g/mol. The number of benzene rings is 2. The summed E-state index contributed by atoms with van der Waals surface area (Å²) < 4.78 is 10.5. The first-order valence-electron chi connectivity index (χ1n) is 10.6. The summed E-state index contributed by atoms with van der Waals surface area (Å²) in [6.45, 7) is 3.42. The molecule has 2 aromatic rings. The summed E-state index contributed by atoms with van der Waals surface area (Å²) in [5.74, 6) is 0.557. The van der Waals surface area contributed by atoms with Crippen LogP contribution in [0.3, 0.4) is 0 Å². The van der Waals surface area contributed by atoms with Crippen LogP contribution >= 0.6 is 11.6 Å². The van der Waals surface area contributed by atoms with Gasteiger partial charge in [-0.2, -0.15) is 0 Å². The molecule has 0 radical (unpaired) electrons. The van der Waals surface area contributed by atoms with Crippen molar-refractivity contribution in [2.75, 3.05) is 51.8 Å². The molecule has 8 nitrogen and oxygen atoms in total. The van der Waals surface area contributed by atoms with E-state index in [1.807, 2.05) is 0 Å². The van der Waals surface area contributed by atoms with Gasteiger partial charge in [-0.25, -0.2) is 4.79 Å². The van der Waals surface area contributed by atoms with Gasteiger partial charge >= 0.3 is 6.03 Å². The molecule has 3 N–H and O–H groups in total. The number of urea groups is 1. The number of halogens is 1. The lowest BCUT2D eigenvalue weighted by molar-refractivity contribution is 0.0564. The van der Waals surface area contributed by atoms with E-state index in [1.54, 1.807) is 59.4 Å². The Labute approximate surface area is 193 Å². The Morgan fingerprint density at radius 2 is 1.91 bits per heavy atom. The number of hydrogen-bond donors (Lipinski definition) is 2. The molecule has 0 bridgehead atoms. The molecule has 9 heteroatoms. The minimum absolute atomic E-state index is 0.125. The third kappa shape index (κ3) is 6.35. The van der Waals surface area contributed by atoms with Gasteiger partial charge in [0, 0.05) is 42.5 Å². The number of methoxy groups -OCH3 is 1. The van der Waals surface area contributed by atoms with Crippen LogP contribution in [0, 0.1) is 0 Å². The molecule has 1 aliphatic rings. The topological polar surface area (TPSA) is 97.1 Å². The highest BCUT2D eigenvalue weighted by Crippen LogP contribution is 2.24. The molecule has 0 spiro atoms. The molecule has 3 amide bonds. The Bertz CT molecular complexity index is 917. The minimum atomic E-state index is -0.184. The molecule has 0 atom stereocenters. The van der Waals surface area contributed by atoms with Crippen LogP contribution in [0.2, 0.25) is 5.02 Å². The first-order chi connectivity index (χ1) is 15.5. The van der Waals surface area contributed by atoms with Gasteiger partial charge in [0.2, 0.25) is 0 Å². The number of carbonyl (C=O) groups is 2. The Kier molecular flexibility index (Phi) is 8.72. The standard InChI is InChI=1S/C23H29ClN4O4/c1-31-20-6-3-17(4-7-20)22(29)28(10-2-9-25)16-18-15-19(5-8-21(18)24)26-23(30)27-11-13-32-14-12-27/h3-8,15H,2,9-14,16,25H2,1H3,(H,26,30). The number of ether oxygens (including phenoxy) is 2. The highest BCUT2D eigenvalue weighted by molar-refractivity contribution is 6.31. The first kappa shape index (κ1) is 23.8. The van der Waals surface area contributed by atoms with Gasteiger partial charge in [-0.3, -0.25) is 4.79 Å². The second-order valence-corrected chi connectivity index (χ2v) is 7.84. The van der Waals surface area contributed by atoms with E-state index < -0.39 is 0 Å². The predicted octanol–water partition coefficient (Wildman–Crippen LogP) is 3.20. The molecule has 1 aliphatic heterocycles. The van der Waals surface area contributed by atoms with Crippen LogP contribution in [0.15, 0.2) is 42.5 Å². The summed E-state index contributed by atoms with van der Waals surface area (Å²) >= 11 is 6.43. The van der Waals surface area contributed by atoms with E-state index in [1.165, 1.54) is 0 Å². The maximum Gasteiger partial charge on any atom is 0.321 e. The molecule has 172 valence electrons. The number of amides is 3. The van der Waals surface area contributed by atoms with Crippen molar-refractivity contribution in [3.63, 3.8) is 0 Å². The van der Waals surface area contributed by atoms with E-state index in [0.717, 1.165) is 5.56 Å². The molecule has 3 rings (SSSR count). The normalized spacial score (nSPS) is 13.5. The molecule has 0 aromatic heterocycles. The number of nitrogens with one attached hydrogen (secondary N) is 1. The summed E-state index contributed by atoms with van der Waals surface area (Å²) in [5, 5.41) is 3.43.